The van der Waals surface area contributed by atoms with Crippen molar-refractivity contribution in [3.63, 3.8) is 0 Å². The average molecular weight is 548 g/mol. The van der Waals surface area contributed by atoms with Crippen LogP contribution in [0.5, 0.6) is 0 Å². The second kappa shape index (κ2) is 11.3. The maximum atomic E-state index is 12.2. The fraction of sp³-hybridized carbons (Fsp3) is 0.571. The number of benzene rings is 1. The highest BCUT2D eigenvalue weighted by atomic mass is 127. The molecule has 0 saturated carbocycles. The highest BCUT2D eigenvalue weighted by Crippen LogP contribution is 2.25. The average Bonchev–Trinajstić information content (AvgIpc) is 3.03. The smallest absolute Gasteiger partial charge is 0.214 e. The normalized spacial score (nSPS) is 16.4. The molecule has 0 spiro atoms. The zero-order valence-electron chi connectivity index (χ0n) is 18.0. The van der Waals surface area contributed by atoms with Gasteiger partial charge in [0.05, 0.1) is 5.75 Å². The molecule has 0 unspecified atom stereocenters. The van der Waals surface area contributed by atoms with Gasteiger partial charge in [-0.25, -0.2) is 17.7 Å². The molecule has 168 valence electrons. The highest BCUT2D eigenvalue weighted by molar-refractivity contribution is 14.0. The highest BCUT2D eigenvalue weighted by Gasteiger charge is 2.27. The number of furan rings is 1. The van der Waals surface area contributed by atoms with Crippen LogP contribution in [-0.2, 0) is 16.6 Å². The third kappa shape index (κ3) is 6.10. The number of halogens is 1. The number of aliphatic imine (C=N–C) groups is 1. The fourth-order valence-corrected chi connectivity index (χ4v) is 5.25. The SMILES string of the molecule is CCCS(=O)(=O)N1CCC(NC(=NCc2oc3ccccc3c2C)NCC)CC1.I. The Kier molecular flexibility index (Phi) is 9.42. The zero-order valence-corrected chi connectivity index (χ0v) is 21.1. The second-order valence-electron chi connectivity index (χ2n) is 7.48. The Balaban J connectivity index is 0.00000320. The Labute approximate surface area is 196 Å². The van der Waals surface area contributed by atoms with E-state index in [1.807, 2.05) is 32.0 Å². The molecule has 3 rings (SSSR count). The van der Waals surface area contributed by atoms with E-state index in [-0.39, 0.29) is 35.8 Å². The summed E-state index contributed by atoms with van der Waals surface area (Å²) in [6, 6.07) is 8.22. The molecule has 1 fully saturated rings. The minimum Gasteiger partial charge on any atom is -0.459 e. The molecule has 0 amide bonds. The van der Waals surface area contributed by atoms with Crippen LogP contribution in [0.15, 0.2) is 33.7 Å². The molecule has 0 radical (unpaired) electrons. The molecule has 1 aliphatic heterocycles. The lowest BCUT2D eigenvalue weighted by Gasteiger charge is -2.32. The molecule has 1 saturated heterocycles. The lowest BCUT2D eigenvalue weighted by molar-refractivity contribution is 0.306. The van der Waals surface area contributed by atoms with Crippen molar-refractivity contribution in [3.05, 3.63) is 35.6 Å². The van der Waals surface area contributed by atoms with Gasteiger partial charge in [0, 0.05) is 36.6 Å². The van der Waals surface area contributed by atoms with Crippen molar-refractivity contribution in [1.82, 2.24) is 14.9 Å². The Hall–Kier alpha value is -1.33. The lowest BCUT2D eigenvalue weighted by atomic mass is 10.1. The lowest BCUT2D eigenvalue weighted by Crippen LogP contribution is -2.50. The van der Waals surface area contributed by atoms with E-state index in [2.05, 4.69) is 23.6 Å². The summed E-state index contributed by atoms with van der Waals surface area (Å²) in [5.74, 6) is 1.83. The summed E-state index contributed by atoms with van der Waals surface area (Å²) in [4.78, 5) is 4.70. The van der Waals surface area contributed by atoms with Crippen molar-refractivity contribution in [2.24, 2.45) is 4.99 Å². The van der Waals surface area contributed by atoms with E-state index in [0.717, 1.165) is 47.6 Å². The number of rotatable bonds is 7. The molecule has 2 aromatic rings. The Morgan fingerprint density at radius 1 is 1.23 bits per heavy atom. The molecule has 0 atom stereocenters. The van der Waals surface area contributed by atoms with Crippen LogP contribution in [0.1, 0.15) is 44.4 Å². The summed E-state index contributed by atoms with van der Waals surface area (Å²) in [5, 5.41) is 7.86. The molecule has 0 aliphatic carbocycles. The minimum atomic E-state index is -3.11. The second-order valence-corrected chi connectivity index (χ2v) is 9.56. The number of fused-ring (bicyclic) bond motifs is 1. The van der Waals surface area contributed by atoms with Gasteiger partial charge in [0.2, 0.25) is 10.0 Å². The first-order valence-electron chi connectivity index (χ1n) is 10.4. The van der Waals surface area contributed by atoms with Crippen LogP contribution in [0, 0.1) is 6.92 Å². The van der Waals surface area contributed by atoms with Crippen molar-refractivity contribution in [2.45, 2.75) is 52.6 Å². The standard InChI is InChI=1S/C21H32N4O3S.HI/c1-4-14-29(26,27)25-12-10-17(11-13-25)24-21(22-5-2)23-15-20-16(3)18-8-6-7-9-19(18)28-20;/h6-9,17H,4-5,10-15H2,1-3H3,(H2,22,23,24);1H. The van der Waals surface area contributed by atoms with Gasteiger partial charge in [0.1, 0.15) is 17.9 Å². The molecule has 1 aromatic carbocycles. The number of aryl methyl sites for hydroxylation is 1. The van der Waals surface area contributed by atoms with Gasteiger partial charge in [0.25, 0.3) is 0 Å². The molecule has 2 N–H and O–H groups in total. The van der Waals surface area contributed by atoms with E-state index < -0.39 is 10.0 Å². The zero-order chi connectivity index (χ0) is 20.9. The molecule has 2 heterocycles. The van der Waals surface area contributed by atoms with E-state index in [1.165, 1.54) is 0 Å². The maximum absolute atomic E-state index is 12.2. The van der Waals surface area contributed by atoms with Crippen molar-refractivity contribution >= 4 is 50.9 Å². The number of piperidine rings is 1. The van der Waals surface area contributed by atoms with Crippen LogP contribution in [0.25, 0.3) is 11.0 Å². The minimum absolute atomic E-state index is 0. The molecule has 0 bridgehead atoms. The van der Waals surface area contributed by atoms with Crippen LogP contribution in [0.2, 0.25) is 0 Å². The first kappa shape index (κ1) is 24.9. The van der Waals surface area contributed by atoms with E-state index in [4.69, 9.17) is 9.41 Å². The molecule has 30 heavy (non-hydrogen) atoms. The van der Waals surface area contributed by atoms with E-state index >= 15 is 0 Å². The maximum Gasteiger partial charge on any atom is 0.214 e. The Bertz CT molecular complexity index is 950. The van der Waals surface area contributed by atoms with Crippen LogP contribution in [-0.4, -0.2) is 50.1 Å². The molecule has 9 heteroatoms. The summed E-state index contributed by atoms with van der Waals surface area (Å²) in [7, 11) is -3.11. The van der Waals surface area contributed by atoms with Gasteiger partial charge in [-0.2, -0.15) is 0 Å². The largest absolute Gasteiger partial charge is 0.459 e. The van der Waals surface area contributed by atoms with Gasteiger partial charge in [0.15, 0.2) is 5.96 Å². The molecular formula is C21H33IN4O3S. The van der Waals surface area contributed by atoms with Gasteiger partial charge in [-0.3, -0.25) is 0 Å². The Morgan fingerprint density at radius 3 is 2.57 bits per heavy atom. The van der Waals surface area contributed by atoms with E-state index in [1.54, 1.807) is 4.31 Å². The number of para-hydroxylation sites is 1. The van der Waals surface area contributed by atoms with Gasteiger partial charge in [-0.1, -0.05) is 25.1 Å². The summed E-state index contributed by atoms with van der Waals surface area (Å²) in [6.07, 6.45) is 2.20. The van der Waals surface area contributed by atoms with Crippen LogP contribution < -0.4 is 10.6 Å². The van der Waals surface area contributed by atoms with Gasteiger partial charge < -0.3 is 15.1 Å². The summed E-state index contributed by atoms with van der Waals surface area (Å²) >= 11 is 0. The topological polar surface area (TPSA) is 86.9 Å². The number of hydrogen-bond donors (Lipinski definition) is 2. The van der Waals surface area contributed by atoms with Gasteiger partial charge in [-0.05, 0) is 39.2 Å². The van der Waals surface area contributed by atoms with E-state index in [0.29, 0.717) is 26.1 Å². The number of sulfonamides is 1. The van der Waals surface area contributed by atoms with Crippen molar-refractivity contribution in [1.29, 1.82) is 0 Å². The van der Waals surface area contributed by atoms with Crippen LogP contribution in [0.4, 0.5) is 0 Å². The number of guanidine groups is 1. The monoisotopic (exact) mass is 548 g/mol. The van der Waals surface area contributed by atoms with Crippen molar-refractivity contribution < 1.29 is 12.8 Å². The quantitative estimate of drug-likeness (QED) is 0.314. The van der Waals surface area contributed by atoms with Gasteiger partial charge >= 0.3 is 0 Å². The Morgan fingerprint density at radius 2 is 1.93 bits per heavy atom. The van der Waals surface area contributed by atoms with Crippen LogP contribution in [0.3, 0.4) is 0 Å². The number of nitrogens with zero attached hydrogens (tertiary/aromatic N) is 2. The van der Waals surface area contributed by atoms with Crippen molar-refractivity contribution in [2.75, 3.05) is 25.4 Å². The molecular weight excluding hydrogens is 515 g/mol. The predicted molar refractivity (Wildman–Crippen MR) is 133 cm³/mol. The van der Waals surface area contributed by atoms with Crippen molar-refractivity contribution in [3.8, 4) is 0 Å². The number of nitrogens with one attached hydrogen (secondary N) is 2. The first-order valence-corrected chi connectivity index (χ1v) is 12.0. The third-order valence-corrected chi connectivity index (χ3v) is 7.39. The molecule has 7 nitrogen and oxygen atoms in total. The van der Waals surface area contributed by atoms with Gasteiger partial charge in [-0.15, -0.1) is 24.0 Å². The first-order chi connectivity index (χ1) is 13.9. The van der Waals surface area contributed by atoms with Crippen LogP contribution >= 0.6 is 24.0 Å². The predicted octanol–water partition coefficient (Wildman–Crippen LogP) is 3.62. The summed E-state index contributed by atoms with van der Waals surface area (Å²) in [5.41, 5.74) is 2.00. The summed E-state index contributed by atoms with van der Waals surface area (Å²) in [6.45, 7) is 8.32. The summed E-state index contributed by atoms with van der Waals surface area (Å²) < 4.78 is 32.1. The molecule has 1 aromatic heterocycles. The fourth-order valence-electron chi connectivity index (χ4n) is 3.71. The molecule has 1 aliphatic rings. The third-order valence-electron chi connectivity index (χ3n) is 5.32. The number of hydrogen-bond acceptors (Lipinski definition) is 4. The van der Waals surface area contributed by atoms with E-state index in [9.17, 15) is 8.42 Å².